The van der Waals surface area contributed by atoms with Crippen molar-refractivity contribution in [2.24, 2.45) is 0 Å². The van der Waals surface area contributed by atoms with Gasteiger partial charge in [0.1, 0.15) is 11.5 Å². The third-order valence-electron chi connectivity index (χ3n) is 5.26. The zero-order valence-corrected chi connectivity index (χ0v) is 16.2. The summed E-state index contributed by atoms with van der Waals surface area (Å²) in [6.07, 6.45) is -4.34. The molecule has 4 nitrogen and oxygen atoms in total. The van der Waals surface area contributed by atoms with Crippen molar-refractivity contribution in [3.63, 3.8) is 0 Å². The van der Waals surface area contributed by atoms with Gasteiger partial charge in [0.05, 0.1) is 12.1 Å². The molecule has 2 heterocycles. The first-order chi connectivity index (χ1) is 14.4. The van der Waals surface area contributed by atoms with E-state index in [4.69, 9.17) is 4.52 Å². The summed E-state index contributed by atoms with van der Waals surface area (Å²) in [5.74, 6) is 0.392. The van der Waals surface area contributed by atoms with Gasteiger partial charge in [-0.2, -0.15) is 13.2 Å². The van der Waals surface area contributed by atoms with Crippen LogP contribution in [0.15, 0.2) is 59.1 Å². The molecule has 0 bridgehead atoms. The smallest absolute Gasteiger partial charge is 0.359 e. The highest BCUT2D eigenvalue weighted by Gasteiger charge is 2.33. The summed E-state index contributed by atoms with van der Waals surface area (Å²) in [5.41, 5.74) is 1.16. The molecule has 4 rings (SSSR count). The molecule has 0 atom stereocenters. The van der Waals surface area contributed by atoms with Crippen LogP contribution in [-0.2, 0) is 19.3 Å². The van der Waals surface area contributed by atoms with Crippen molar-refractivity contribution in [3.05, 3.63) is 77.3 Å². The molecule has 158 valence electrons. The second-order valence-electron chi connectivity index (χ2n) is 7.39. The van der Waals surface area contributed by atoms with Gasteiger partial charge in [0.2, 0.25) is 0 Å². The molecule has 0 spiro atoms. The molecule has 0 radical (unpaired) electrons. The first-order valence-corrected chi connectivity index (χ1v) is 9.70. The normalized spacial score (nSPS) is 16.1. The molecule has 1 aliphatic rings. The van der Waals surface area contributed by atoms with E-state index in [1.807, 2.05) is 11.0 Å². The Hall–Kier alpha value is -2.71. The topological polar surface area (TPSA) is 32.5 Å². The monoisotopic (exact) mass is 419 g/mol. The van der Waals surface area contributed by atoms with Crippen LogP contribution in [-0.4, -0.2) is 41.1 Å². The van der Waals surface area contributed by atoms with Crippen LogP contribution in [0.3, 0.4) is 0 Å². The van der Waals surface area contributed by atoms with Crippen LogP contribution in [0.25, 0.3) is 11.3 Å². The van der Waals surface area contributed by atoms with Gasteiger partial charge in [-0.3, -0.25) is 9.80 Å². The number of hydrogen-bond acceptors (Lipinski definition) is 4. The number of piperazine rings is 1. The first kappa shape index (κ1) is 20.6. The maximum absolute atomic E-state index is 13.2. The van der Waals surface area contributed by atoms with Gasteiger partial charge in [-0.1, -0.05) is 23.4 Å². The number of benzene rings is 2. The summed E-state index contributed by atoms with van der Waals surface area (Å²) in [6.45, 7) is 3.64. The number of hydrogen-bond donors (Lipinski definition) is 0. The molecule has 1 aromatic heterocycles. The summed E-state index contributed by atoms with van der Waals surface area (Å²) >= 11 is 0. The predicted octanol–water partition coefficient (Wildman–Crippen LogP) is 4.82. The Balaban J connectivity index is 1.32. The zero-order valence-electron chi connectivity index (χ0n) is 16.2. The van der Waals surface area contributed by atoms with Crippen molar-refractivity contribution in [2.75, 3.05) is 26.2 Å². The molecular formula is C22H21F4N3O. The Morgan fingerprint density at radius 2 is 1.50 bits per heavy atom. The average molecular weight is 419 g/mol. The zero-order chi connectivity index (χ0) is 21.1. The van der Waals surface area contributed by atoms with Crippen molar-refractivity contribution in [1.82, 2.24) is 15.0 Å². The molecule has 0 N–H and O–H groups in total. The van der Waals surface area contributed by atoms with Gasteiger partial charge in [-0.15, -0.1) is 0 Å². The van der Waals surface area contributed by atoms with Crippen LogP contribution in [0.5, 0.6) is 0 Å². The second kappa shape index (κ2) is 8.57. The molecule has 0 amide bonds. The van der Waals surface area contributed by atoms with E-state index in [2.05, 4.69) is 10.1 Å². The van der Waals surface area contributed by atoms with Gasteiger partial charge in [-0.05, 0) is 35.9 Å². The van der Waals surface area contributed by atoms with E-state index in [1.165, 1.54) is 18.2 Å². The van der Waals surface area contributed by atoms with E-state index < -0.39 is 11.7 Å². The van der Waals surface area contributed by atoms with Crippen LogP contribution in [0, 0.1) is 5.82 Å². The molecule has 3 aromatic rings. The minimum atomic E-state index is -4.34. The Bertz CT molecular complexity index is 977. The lowest BCUT2D eigenvalue weighted by Gasteiger charge is -2.34. The summed E-state index contributed by atoms with van der Waals surface area (Å²) < 4.78 is 58.0. The van der Waals surface area contributed by atoms with Gasteiger partial charge >= 0.3 is 6.18 Å². The quantitative estimate of drug-likeness (QED) is 0.556. The highest BCUT2D eigenvalue weighted by molar-refractivity contribution is 5.58. The van der Waals surface area contributed by atoms with E-state index in [9.17, 15) is 17.6 Å². The third-order valence-corrected chi connectivity index (χ3v) is 5.26. The van der Waals surface area contributed by atoms with Crippen molar-refractivity contribution >= 4 is 0 Å². The van der Waals surface area contributed by atoms with Gasteiger partial charge in [0.15, 0.2) is 5.76 Å². The number of nitrogens with zero attached hydrogens (tertiary/aromatic N) is 3. The number of halogens is 4. The minimum absolute atomic E-state index is 0.278. The molecule has 8 heteroatoms. The second-order valence-corrected chi connectivity index (χ2v) is 7.39. The summed E-state index contributed by atoms with van der Waals surface area (Å²) in [6, 6.07) is 13.6. The largest absolute Gasteiger partial charge is 0.416 e. The fourth-order valence-electron chi connectivity index (χ4n) is 3.65. The van der Waals surface area contributed by atoms with Crippen molar-refractivity contribution in [2.45, 2.75) is 19.3 Å². The highest BCUT2D eigenvalue weighted by Crippen LogP contribution is 2.32. The molecule has 0 unspecified atom stereocenters. The molecule has 30 heavy (non-hydrogen) atoms. The van der Waals surface area contributed by atoms with Crippen LogP contribution in [0.1, 0.15) is 16.9 Å². The third kappa shape index (κ3) is 4.88. The molecule has 1 fully saturated rings. The average Bonchev–Trinajstić information content (AvgIpc) is 3.18. The summed E-state index contributed by atoms with van der Waals surface area (Å²) in [4.78, 5) is 4.21. The van der Waals surface area contributed by atoms with Crippen molar-refractivity contribution < 1.29 is 22.1 Å². The molecule has 0 aliphatic carbocycles. The van der Waals surface area contributed by atoms with E-state index in [0.29, 0.717) is 36.7 Å². The van der Waals surface area contributed by atoms with E-state index in [-0.39, 0.29) is 12.4 Å². The van der Waals surface area contributed by atoms with E-state index in [0.717, 1.165) is 24.7 Å². The lowest BCUT2D eigenvalue weighted by Crippen LogP contribution is -2.45. The molecule has 0 saturated carbocycles. The Labute approximate surface area is 171 Å². The number of alkyl halides is 3. The fourth-order valence-corrected chi connectivity index (χ4v) is 3.65. The van der Waals surface area contributed by atoms with E-state index in [1.54, 1.807) is 24.3 Å². The van der Waals surface area contributed by atoms with Crippen LogP contribution in [0.4, 0.5) is 17.6 Å². The lowest BCUT2D eigenvalue weighted by atomic mass is 10.1. The van der Waals surface area contributed by atoms with Gasteiger partial charge in [-0.25, -0.2) is 4.39 Å². The molecular weight excluding hydrogens is 398 g/mol. The van der Waals surface area contributed by atoms with Gasteiger partial charge < -0.3 is 4.52 Å². The van der Waals surface area contributed by atoms with E-state index >= 15 is 0 Å². The maximum atomic E-state index is 13.2. The maximum Gasteiger partial charge on any atom is 0.416 e. The standard InChI is InChI=1S/C22H21F4N3O/c23-18-7-5-16(6-8-18)21-13-19(30-27-21)15-29-11-9-28(10-12-29)14-17-3-1-2-4-20(17)22(24,25)26/h1-8,13H,9-12,14-15H2. The molecule has 1 aliphatic heterocycles. The van der Waals surface area contributed by atoms with Crippen molar-refractivity contribution in [1.29, 1.82) is 0 Å². The summed E-state index contributed by atoms with van der Waals surface area (Å²) in [7, 11) is 0. The predicted molar refractivity (Wildman–Crippen MR) is 104 cm³/mol. The highest BCUT2D eigenvalue weighted by atomic mass is 19.4. The molecule has 2 aromatic carbocycles. The number of aromatic nitrogens is 1. The SMILES string of the molecule is Fc1ccc(-c2cc(CN3CCN(Cc4ccccc4C(F)(F)F)CC3)on2)cc1. The van der Waals surface area contributed by atoms with Crippen molar-refractivity contribution in [3.8, 4) is 11.3 Å². The van der Waals surface area contributed by atoms with Crippen LogP contribution < -0.4 is 0 Å². The minimum Gasteiger partial charge on any atom is -0.359 e. The van der Waals surface area contributed by atoms with Crippen LogP contribution in [0.2, 0.25) is 0 Å². The fraction of sp³-hybridized carbons (Fsp3) is 0.318. The number of rotatable bonds is 5. The first-order valence-electron chi connectivity index (χ1n) is 9.70. The Morgan fingerprint density at radius 3 is 2.17 bits per heavy atom. The molecule has 1 saturated heterocycles. The van der Waals surface area contributed by atoms with Crippen LogP contribution >= 0.6 is 0 Å². The Kier molecular flexibility index (Phi) is 5.87. The Morgan fingerprint density at radius 1 is 0.867 bits per heavy atom. The lowest BCUT2D eigenvalue weighted by molar-refractivity contribution is -0.138. The van der Waals surface area contributed by atoms with Gasteiger partial charge in [0.25, 0.3) is 0 Å². The van der Waals surface area contributed by atoms with Gasteiger partial charge in [0, 0.05) is 44.4 Å². The summed E-state index contributed by atoms with van der Waals surface area (Å²) in [5, 5.41) is 4.04.